The molecule has 2 aromatic heterocycles. The Balaban J connectivity index is 0.000000565. The molecule has 38 heavy (non-hydrogen) atoms. The number of aromatic nitrogens is 2. The number of nitrogen functional groups attached to an aromatic ring is 1. The summed E-state index contributed by atoms with van der Waals surface area (Å²) in [5, 5.41) is 2.44. The SMILES string of the molecule is CC(C)(C)OC(=O)Nc1ccc(F)nc1.CC(C)(C)OC(=O)OC(=O)OC(C)(C)C.Nc1ccc(F)nc1. The van der Waals surface area contributed by atoms with Gasteiger partial charge < -0.3 is 24.7 Å². The smallest absolute Gasteiger partial charge is 0.444 e. The third-order valence-corrected chi connectivity index (χ3v) is 3.07. The first-order valence-electron chi connectivity index (χ1n) is 11.3. The van der Waals surface area contributed by atoms with Gasteiger partial charge in [0.15, 0.2) is 0 Å². The molecule has 3 N–H and O–H groups in total. The molecule has 212 valence electrons. The number of nitrogens with one attached hydrogen (secondary N) is 1. The van der Waals surface area contributed by atoms with Gasteiger partial charge in [-0.25, -0.2) is 24.4 Å². The molecule has 13 heteroatoms. The lowest BCUT2D eigenvalue weighted by molar-refractivity contribution is -0.0294. The van der Waals surface area contributed by atoms with E-state index in [0.717, 1.165) is 6.07 Å². The topological polar surface area (TPSA) is 152 Å². The predicted molar refractivity (Wildman–Crippen MR) is 136 cm³/mol. The summed E-state index contributed by atoms with van der Waals surface area (Å²) in [5.74, 6) is -1.09. The Kier molecular flexibility index (Phi) is 13.1. The van der Waals surface area contributed by atoms with Crippen molar-refractivity contribution in [3.63, 3.8) is 0 Å². The molecule has 0 atom stereocenters. The van der Waals surface area contributed by atoms with E-state index in [0.29, 0.717) is 11.4 Å². The van der Waals surface area contributed by atoms with Gasteiger partial charge in [-0.05, 0) is 86.6 Å². The molecule has 0 aliphatic heterocycles. The molecule has 0 spiro atoms. The number of carbonyl (C=O) groups is 3. The van der Waals surface area contributed by atoms with Crippen LogP contribution in [0.3, 0.4) is 0 Å². The van der Waals surface area contributed by atoms with Gasteiger partial charge in [-0.3, -0.25) is 5.32 Å². The molecule has 11 nitrogen and oxygen atoms in total. The normalized spacial score (nSPS) is 10.9. The van der Waals surface area contributed by atoms with E-state index >= 15 is 0 Å². The van der Waals surface area contributed by atoms with Crippen LogP contribution in [-0.2, 0) is 18.9 Å². The first kappa shape index (κ1) is 34.0. The van der Waals surface area contributed by atoms with Crippen LogP contribution in [0.5, 0.6) is 0 Å². The van der Waals surface area contributed by atoms with Crippen molar-refractivity contribution in [3.8, 4) is 0 Å². The Bertz CT molecular complexity index is 981. The van der Waals surface area contributed by atoms with E-state index in [1.54, 1.807) is 62.3 Å². The van der Waals surface area contributed by atoms with E-state index in [2.05, 4.69) is 20.0 Å². The number of nitrogens with two attached hydrogens (primary N) is 1. The van der Waals surface area contributed by atoms with Crippen LogP contribution in [0.4, 0.5) is 34.5 Å². The van der Waals surface area contributed by atoms with Crippen LogP contribution < -0.4 is 11.1 Å². The van der Waals surface area contributed by atoms with Crippen molar-refractivity contribution in [1.29, 1.82) is 0 Å². The van der Waals surface area contributed by atoms with Crippen LogP contribution in [0.2, 0.25) is 0 Å². The Morgan fingerprint density at radius 3 is 1.45 bits per heavy atom. The van der Waals surface area contributed by atoms with Gasteiger partial charge in [-0.15, -0.1) is 0 Å². The molecule has 0 aliphatic carbocycles. The monoisotopic (exact) mass is 542 g/mol. The van der Waals surface area contributed by atoms with E-state index < -0.39 is 47.1 Å². The van der Waals surface area contributed by atoms with Crippen molar-refractivity contribution in [2.45, 2.75) is 79.1 Å². The number of hydrogen-bond acceptors (Lipinski definition) is 10. The van der Waals surface area contributed by atoms with Crippen LogP contribution in [-0.4, -0.2) is 45.2 Å². The molecular weight excluding hydrogens is 506 g/mol. The van der Waals surface area contributed by atoms with Gasteiger partial charge in [-0.1, -0.05) is 0 Å². The van der Waals surface area contributed by atoms with Crippen LogP contribution in [0.1, 0.15) is 62.3 Å². The van der Waals surface area contributed by atoms with Crippen molar-refractivity contribution >= 4 is 29.8 Å². The van der Waals surface area contributed by atoms with E-state index in [4.69, 9.17) is 19.9 Å². The number of rotatable bonds is 1. The number of halogens is 2. The fourth-order valence-electron chi connectivity index (χ4n) is 1.87. The summed E-state index contributed by atoms with van der Waals surface area (Å²) in [7, 11) is 0. The highest BCUT2D eigenvalue weighted by molar-refractivity contribution is 5.84. The van der Waals surface area contributed by atoms with Gasteiger partial charge in [0.25, 0.3) is 0 Å². The highest BCUT2D eigenvalue weighted by Gasteiger charge is 2.24. The maximum atomic E-state index is 12.4. The molecule has 0 radical (unpaired) electrons. The Labute approximate surface area is 221 Å². The molecule has 0 aliphatic rings. The van der Waals surface area contributed by atoms with Crippen molar-refractivity contribution in [3.05, 3.63) is 48.6 Å². The molecule has 2 aromatic rings. The maximum absolute atomic E-state index is 12.4. The van der Waals surface area contributed by atoms with Crippen molar-refractivity contribution in [1.82, 2.24) is 9.97 Å². The van der Waals surface area contributed by atoms with Crippen molar-refractivity contribution < 1.29 is 42.1 Å². The average Bonchev–Trinajstić information content (AvgIpc) is 2.68. The summed E-state index contributed by atoms with van der Waals surface area (Å²) in [6, 6.07) is 5.25. The molecule has 1 amide bonds. The standard InChI is InChI=1S/C10H13FN2O2.C10H18O5.C5H5FN2/c1-10(2,3)15-9(14)13-7-4-5-8(11)12-6-7;1-9(2,3)14-7(11)13-8(12)15-10(4,5)6;6-5-2-1-4(7)3-8-5/h4-6H,1-3H3,(H,13,14);1-6H3;1-3H,7H2. The summed E-state index contributed by atoms with van der Waals surface area (Å²) in [4.78, 5) is 40.0. The molecule has 0 saturated carbocycles. The zero-order chi connectivity index (χ0) is 29.7. The van der Waals surface area contributed by atoms with E-state index in [1.807, 2.05) is 0 Å². The third-order valence-electron chi connectivity index (χ3n) is 3.07. The Morgan fingerprint density at radius 1 is 0.711 bits per heavy atom. The molecule has 2 heterocycles. The summed E-state index contributed by atoms with van der Waals surface area (Å²) in [6.07, 6.45) is -0.210. The minimum atomic E-state index is -1.06. The minimum absolute atomic E-state index is 0.394. The van der Waals surface area contributed by atoms with Crippen molar-refractivity contribution in [2.75, 3.05) is 11.1 Å². The van der Waals surface area contributed by atoms with Crippen molar-refractivity contribution in [2.24, 2.45) is 0 Å². The summed E-state index contributed by atoms with van der Waals surface area (Å²) in [5.41, 5.74) is 4.12. The number of carbonyl (C=O) groups excluding carboxylic acids is 3. The lowest BCUT2D eigenvalue weighted by Crippen LogP contribution is -2.29. The Hall–Kier alpha value is -4.03. The van der Waals surface area contributed by atoms with E-state index in [1.165, 1.54) is 30.6 Å². The largest absolute Gasteiger partial charge is 0.519 e. The van der Waals surface area contributed by atoms with Crippen LogP contribution in [0.25, 0.3) is 0 Å². The lowest BCUT2D eigenvalue weighted by Gasteiger charge is -2.20. The van der Waals surface area contributed by atoms with E-state index in [-0.39, 0.29) is 0 Å². The molecule has 2 rings (SSSR count). The van der Waals surface area contributed by atoms with Gasteiger partial charge in [0.2, 0.25) is 11.9 Å². The molecule has 0 fully saturated rings. The van der Waals surface area contributed by atoms with E-state index in [9.17, 15) is 23.2 Å². The third kappa shape index (κ3) is 20.2. The quantitative estimate of drug-likeness (QED) is 0.183. The molecular formula is C25H36F2N4O7. The Morgan fingerprint density at radius 2 is 1.13 bits per heavy atom. The predicted octanol–water partition coefficient (Wildman–Crippen LogP) is 6.24. The zero-order valence-electron chi connectivity index (χ0n) is 23.0. The summed E-state index contributed by atoms with van der Waals surface area (Å²) in [6.45, 7) is 15.3. The highest BCUT2D eigenvalue weighted by Crippen LogP contribution is 2.12. The first-order valence-corrected chi connectivity index (χ1v) is 11.3. The van der Waals surface area contributed by atoms with Gasteiger partial charge >= 0.3 is 18.4 Å². The zero-order valence-corrected chi connectivity index (χ0v) is 23.0. The fraction of sp³-hybridized carbons (Fsp3) is 0.480. The average molecular weight is 543 g/mol. The van der Waals surface area contributed by atoms with Gasteiger partial charge in [0.1, 0.15) is 16.8 Å². The number of pyridine rings is 2. The van der Waals surface area contributed by atoms with Gasteiger partial charge in [-0.2, -0.15) is 8.78 Å². The maximum Gasteiger partial charge on any atom is 0.519 e. The molecule has 0 saturated heterocycles. The van der Waals surface area contributed by atoms with Crippen LogP contribution in [0, 0.1) is 11.9 Å². The molecule has 0 aromatic carbocycles. The van der Waals surface area contributed by atoms with Crippen LogP contribution >= 0.6 is 0 Å². The second kappa shape index (κ2) is 14.6. The summed E-state index contributed by atoms with van der Waals surface area (Å²) >= 11 is 0. The number of anilines is 2. The number of nitrogens with zero attached hydrogens (tertiary/aromatic N) is 2. The molecule has 0 unspecified atom stereocenters. The number of ether oxygens (including phenoxy) is 4. The fourth-order valence-corrected chi connectivity index (χ4v) is 1.87. The lowest BCUT2D eigenvalue weighted by atomic mass is 10.2. The second-order valence-electron chi connectivity index (χ2n) is 10.4. The van der Waals surface area contributed by atoms with Gasteiger partial charge in [0, 0.05) is 0 Å². The molecule has 0 bridgehead atoms. The van der Waals surface area contributed by atoms with Gasteiger partial charge in [0.05, 0.1) is 23.8 Å². The minimum Gasteiger partial charge on any atom is -0.444 e. The highest BCUT2D eigenvalue weighted by atomic mass is 19.1. The number of hydrogen-bond donors (Lipinski definition) is 2. The number of amides is 1. The second-order valence-corrected chi connectivity index (χ2v) is 10.4. The summed E-state index contributed by atoms with van der Waals surface area (Å²) < 4.78 is 43.2. The first-order chi connectivity index (χ1) is 17.1. The van der Waals surface area contributed by atoms with Crippen LogP contribution in [0.15, 0.2) is 36.7 Å².